The predicted molar refractivity (Wildman–Crippen MR) is 129 cm³/mol. The first-order chi connectivity index (χ1) is 16.7. The molecule has 0 saturated carbocycles. The van der Waals surface area contributed by atoms with Gasteiger partial charge in [0, 0.05) is 35.9 Å². The average Bonchev–Trinajstić information content (AvgIpc) is 2.87. The number of hydrogen-bond acceptors (Lipinski definition) is 3. The lowest BCUT2D eigenvalue weighted by Crippen LogP contribution is -2.67. The van der Waals surface area contributed by atoms with Crippen LogP contribution in [0.1, 0.15) is 35.6 Å². The molecule has 1 aromatic heterocycles. The molecule has 2 aromatic carbocycles. The second-order valence-corrected chi connectivity index (χ2v) is 9.96. The summed E-state index contributed by atoms with van der Waals surface area (Å²) in [5, 5.41) is 12.7. The highest BCUT2D eigenvalue weighted by Crippen LogP contribution is 2.48. The topological polar surface area (TPSA) is 42.4 Å². The van der Waals surface area contributed by atoms with Gasteiger partial charge in [0.1, 0.15) is 24.4 Å². The van der Waals surface area contributed by atoms with Crippen molar-refractivity contribution in [3.63, 3.8) is 0 Å². The molecule has 35 heavy (non-hydrogen) atoms. The number of halogens is 3. The number of benzene rings is 2. The van der Waals surface area contributed by atoms with E-state index in [4.69, 9.17) is 4.74 Å². The highest BCUT2D eigenvalue weighted by atomic mass is 19.4. The molecule has 2 bridgehead atoms. The highest BCUT2D eigenvalue weighted by Gasteiger charge is 2.54. The number of aromatic nitrogens is 1. The normalized spacial score (nSPS) is 27.1. The van der Waals surface area contributed by atoms with Crippen molar-refractivity contribution in [2.75, 3.05) is 20.2 Å². The molecule has 5 atom stereocenters. The van der Waals surface area contributed by atoms with Gasteiger partial charge in [0.2, 0.25) is 0 Å². The second kappa shape index (κ2) is 8.95. The van der Waals surface area contributed by atoms with E-state index in [1.807, 2.05) is 30.3 Å². The van der Waals surface area contributed by atoms with Crippen molar-refractivity contribution in [2.45, 2.75) is 37.7 Å². The van der Waals surface area contributed by atoms with Crippen molar-refractivity contribution >= 4 is 10.9 Å². The third-order valence-corrected chi connectivity index (χ3v) is 8.12. The lowest BCUT2D eigenvalue weighted by molar-refractivity contribution is -0.984. The van der Waals surface area contributed by atoms with Gasteiger partial charge in [-0.3, -0.25) is 4.98 Å². The lowest BCUT2D eigenvalue weighted by Gasteiger charge is -2.58. The van der Waals surface area contributed by atoms with Crippen LogP contribution < -0.4 is 4.74 Å². The first kappa shape index (κ1) is 23.8. The van der Waals surface area contributed by atoms with Crippen LogP contribution in [-0.2, 0) is 12.7 Å². The molecule has 3 aliphatic rings. The Morgan fingerprint density at radius 1 is 1.20 bits per heavy atom. The van der Waals surface area contributed by atoms with Crippen molar-refractivity contribution in [2.24, 2.45) is 11.8 Å². The number of fused-ring (bicyclic) bond motifs is 4. The summed E-state index contributed by atoms with van der Waals surface area (Å²) in [5.74, 6) is 1.48. The molecule has 0 amide bonds. The Bertz CT molecular complexity index is 1230. The van der Waals surface area contributed by atoms with Crippen molar-refractivity contribution < 1.29 is 27.5 Å². The first-order valence-electron chi connectivity index (χ1n) is 12.0. The third kappa shape index (κ3) is 4.32. The molecule has 4 heterocycles. The van der Waals surface area contributed by atoms with E-state index in [0.717, 1.165) is 60.1 Å². The van der Waals surface area contributed by atoms with Crippen LogP contribution in [-0.4, -0.2) is 40.8 Å². The van der Waals surface area contributed by atoms with Crippen LogP contribution in [0.25, 0.3) is 10.9 Å². The predicted octanol–water partition coefficient (Wildman–Crippen LogP) is 5.91. The Morgan fingerprint density at radius 2 is 1.97 bits per heavy atom. The Morgan fingerprint density at radius 3 is 2.66 bits per heavy atom. The molecule has 3 aliphatic heterocycles. The number of quaternary nitrogens is 1. The quantitative estimate of drug-likeness (QED) is 0.350. The van der Waals surface area contributed by atoms with E-state index in [2.05, 4.69) is 11.6 Å². The van der Waals surface area contributed by atoms with Crippen LogP contribution in [0.4, 0.5) is 13.2 Å². The summed E-state index contributed by atoms with van der Waals surface area (Å²) in [6.07, 6.45) is 0.494. The number of piperidine rings is 3. The van der Waals surface area contributed by atoms with Gasteiger partial charge in [0.15, 0.2) is 0 Å². The third-order valence-electron chi connectivity index (χ3n) is 8.12. The Balaban J connectivity index is 1.52. The Labute approximate surface area is 203 Å². The zero-order chi connectivity index (χ0) is 24.8. The number of alkyl halides is 3. The van der Waals surface area contributed by atoms with Gasteiger partial charge in [-0.1, -0.05) is 18.2 Å². The van der Waals surface area contributed by atoms with Crippen LogP contribution in [0.3, 0.4) is 0 Å². The lowest BCUT2D eigenvalue weighted by atomic mass is 9.71. The molecular formula is C28H30F3N2O2+. The second-order valence-electron chi connectivity index (χ2n) is 9.96. The van der Waals surface area contributed by atoms with E-state index < -0.39 is 17.8 Å². The minimum atomic E-state index is -4.36. The zero-order valence-corrected chi connectivity index (χ0v) is 19.7. The smallest absolute Gasteiger partial charge is 0.416 e. The number of rotatable bonds is 6. The van der Waals surface area contributed by atoms with Gasteiger partial charge in [0.05, 0.1) is 31.3 Å². The largest absolute Gasteiger partial charge is 0.497 e. The van der Waals surface area contributed by atoms with Crippen LogP contribution in [0.5, 0.6) is 5.75 Å². The number of aliphatic hydroxyl groups is 1. The van der Waals surface area contributed by atoms with Gasteiger partial charge in [0.25, 0.3) is 0 Å². The summed E-state index contributed by atoms with van der Waals surface area (Å²) in [6.45, 7) is 6.32. The van der Waals surface area contributed by atoms with Crippen molar-refractivity contribution in [1.82, 2.24) is 4.98 Å². The molecule has 3 fully saturated rings. The molecule has 3 saturated heterocycles. The molecule has 3 aromatic rings. The maximum Gasteiger partial charge on any atom is 0.416 e. The van der Waals surface area contributed by atoms with Crippen LogP contribution in [0, 0.1) is 11.8 Å². The summed E-state index contributed by atoms with van der Waals surface area (Å²) in [6, 6.07) is 12.9. The summed E-state index contributed by atoms with van der Waals surface area (Å²) in [7, 11) is 1.61. The fourth-order valence-corrected chi connectivity index (χ4v) is 6.28. The van der Waals surface area contributed by atoms with Crippen LogP contribution in [0.15, 0.2) is 67.4 Å². The SMILES string of the molecule is C=C[C@H]1C[N+]2(Cc3ccc(C(F)(F)F)cc3)CC[C@H]1C[C@@H]2[C@@H](O)c1ccnc2ccc(OC)cc12. The Kier molecular flexibility index (Phi) is 6.09. The van der Waals surface area contributed by atoms with E-state index >= 15 is 0 Å². The molecule has 4 nitrogen and oxygen atoms in total. The Hall–Kier alpha value is -2.90. The van der Waals surface area contributed by atoms with Gasteiger partial charge < -0.3 is 14.3 Å². The molecule has 7 heteroatoms. The molecule has 6 rings (SSSR count). The number of aliphatic hydroxyl groups excluding tert-OH is 1. The summed E-state index contributed by atoms with van der Waals surface area (Å²) in [4.78, 5) is 4.45. The number of ether oxygens (including phenoxy) is 1. The van der Waals surface area contributed by atoms with Gasteiger partial charge in [-0.2, -0.15) is 13.2 Å². The molecule has 1 N–H and O–H groups in total. The van der Waals surface area contributed by atoms with Gasteiger partial charge in [-0.25, -0.2) is 0 Å². The van der Waals surface area contributed by atoms with E-state index in [-0.39, 0.29) is 6.04 Å². The number of nitrogens with zero attached hydrogens (tertiary/aromatic N) is 2. The number of pyridine rings is 1. The summed E-state index contributed by atoms with van der Waals surface area (Å²) >= 11 is 0. The monoisotopic (exact) mass is 483 g/mol. The van der Waals surface area contributed by atoms with Gasteiger partial charge >= 0.3 is 6.18 Å². The van der Waals surface area contributed by atoms with E-state index in [0.29, 0.717) is 28.6 Å². The minimum absolute atomic E-state index is 0.0796. The minimum Gasteiger partial charge on any atom is -0.497 e. The molecule has 0 aliphatic carbocycles. The van der Waals surface area contributed by atoms with Crippen molar-refractivity contribution in [1.29, 1.82) is 0 Å². The van der Waals surface area contributed by atoms with Crippen molar-refractivity contribution in [3.8, 4) is 5.75 Å². The van der Waals surface area contributed by atoms with Gasteiger partial charge in [-0.05, 0) is 47.9 Å². The van der Waals surface area contributed by atoms with E-state index in [1.165, 1.54) is 0 Å². The highest BCUT2D eigenvalue weighted by molar-refractivity contribution is 5.83. The fourth-order valence-electron chi connectivity index (χ4n) is 6.28. The van der Waals surface area contributed by atoms with E-state index in [9.17, 15) is 18.3 Å². The van der Waals surface area contributed by atoms with Crippen LogP contribution >= 0.6 is 0 Å². The van der Waals surface area contributed by atoms with E-state index in [1.54, 1.807) is 25.4 Å². The molecule has 0 spiro atoms. The van der Waals surface area contributed by atoms with Crippen molar-refractivity contribution in [3.05, 3.63) is 84.1 Å². The maximum absolute atomic E-state index is 13.1. The van der Waals surface area contributed by atoms with Crippen LogP contribution in [0.2, 0.25) is 0 Å². The van der Waals surface area contributed by atoms with Gasteiger partial charge in [-0.15, -0.1) is 6.58 Å². The average molecular weight is 484 g/mol. The molecule has 184 valence electrons. The molecule has 0 radical (unpaired) electrons. The maximum atomic E-state index is 13.1. The number of hydrogen-bond donors (Lipinski definition) is 1. The summed E-state index contributed by atoms with van der Waals surface area (Å²) in [5.41, 5.74) is 1.80. The first-order valence-corrected chi connectivity index (χ1v) is 12.0. The fraction of sp³-hybridized carbons (Fsp3) is 0.393. The standard InChI is InChI=1S/C28H30F3N2O2/c1-3-19-17-33(16-18-4-6-21(7-5-18)28(29,30)31)13-11-20(19)14-26(33)27(34)23-10-12-32-25-9-8-22(35-2)15-24(23)25/h3-10,12,15,19-20,26-27,34H,1,11,13-14,16-17H2,2H3/q+1/t19-,20-,26+,27-,33?/m0/s1. The number of methoxy groups -OCH3 is 1. The summed E-state index contributed by atoms with van der Waals surface area (Å²) < 4.78 is 45.3. The molecular weight excluding hydrogens is 453 g/mol. The zero-order valence-electron chi connectivity index (χ0n) is 19.7. The molecule has 1 unspecified atom stereocenters.